The maximum atomic E-state index is 10.3. The van der Waals surface area contributed by atoms with Crippen molar-refractivity contribution in [3.05, 3.63) is 60.1 Å². The Bertz CT molecular complexity index is 662. The molecule has 3 rings (SSSR count). The van der Waals surface area contributed by atoms with Gasteiger partial charge in [-0.3, -0.25) is 0 Å². The van der Waals surface area contributed by atoms with E-state index in [1.54, 1.807) is 6.20 Å². The van der Waals surface area contributed by atoms with Crippen molar-refractivity contribution in [2.24, 2.45) is 0 Å². The van der Waals surface area contributed by atoms with E-state index in [4.69, 9.17) is 4.52 Å². The molecular formula is C15H15N3O2. The van der Waals surface area contributed by atoms with E-state index in [0.717, 1.165) is 11.3 Å². The van der Waals surface area contributed by atoms with Crippen LogP contribution in [0.2, 0.25) is 0 Å². The molecule has 0 saturated heterocycles. The highest BCUT2D eigenvalue weighted by Crippen LogP contribution is 2.30. The molecule has 0 aliphatic rings. The molecule has 2 N–H and O–H groups in total. The van der Waals surface area contributed by atoms with Gasteiger partial charge < -0.3 is 14.6 Å². The number of rotatable bonds is 4. The number of aromatic nitrogens is 3. The van der Waals surface area contributed by atoms with Gasteiger partial charge in [-0.25, -0.2) is 0 Å². The Hall–Kier alpha value is -2.40. The molecule has 0 amide bonds. The van der Waals surface area contributed by atoms with Gasteiger partial charge in [-0.2, -0.15) is 4.98 Å². The Morgan fingerprint density at radius 3 is 2.65 bits per heavy atom. The fourth-order valence-electron chi connectivity index (χ4n) is 2.07. The second kappa shape index (κ2) is 5.30. The van der Waals surface area contributed by atoms with Crippen LogP contribution in [-0.2, 0) is 0 Å². The molecule has 3 aromatic rings. The highest BCUT2D eigenvalue weighted by atomic mass is 16.5. The van der Waals surface area contributed by atoms with Gasteiger partial charge in [0.25, 0.3) is 0 Å². The molecule has 0 aliphatic heterocycles. The average Bonchev–Trinajstić information content (AvgIpc) is 3.17. The highest BCUT2D eigenvalue weighted by Gasteiger charge is 2.24. The monoisotopic (exact) mass is 269 g/mol. The first kappa shape index (κ1) is 12.6. The molecule has 1 aromatic carbocycles. The van der Waals surface area contributed by atoms with Crippen LogP contribution in [0.3, 0.4) is 0 Å². The van der Waals surface area contributed by atoms with Crippen molar-refractivity contribution in [3.8, 4) is 11.5 Å². The predicted octanol–water partition coefficient (Wildman–Crippen LogP) is 2.90. The van der Waals surface area contributed by atoms with Gasteiger partial charge >= 0.3 is 0 Å². The molecule has 0 spiro atoms. The number of aliphatic hydroxyl groups is 1. The number of hydrogen-bond donors (Lipinski definition) is 2. The molecule has 2 aromatic heterocycles. The molecule has 2 unspecified atom stereocenters. The van der Waals surface area contributed by atoms with Gasteiger partial charge in [0, 0.05) is 6.20 Å². The number of benzene rings is 1. The van der Waals surface area contributed by atoms with Gasteiger partial charge in [-0.05, 0) is 17.7 Å². The van der Waals surface area contributed by atoms with Crippen molar-refractivity contribution < 1.29 is 9.63 Å². The minimum atomic E-state index is -0.673. The Morgan fingerprint density at radius 1 is 1.15 bits per heavy atom. The summed E-state index contributed by atoms with van der Waals surface area (Å²) in [5.74, 6) is 0.650. The van der Waals surface area contributed by atoms with Crippen LogP contribution in [-0.4, -0.2) is 20.2 Å². The minimum Gasteiger partial charge on any atom is -0.388 e. The van der Waals surface area contributed by atoms with Crippen LogP contribution < -0.4 is 0 Å². The normalized spacial score (nSPS) is 14.1. The second-order valence-electron chi connectivity index (χ2n) is 4.68. The Labute approximate surface area is 116 Å². The van der Waals surface area contributed by atoms with Crippen molar-refractivity contribution in [2.75, 3.05) is 0 Å². The van der Waals surface area contributed by atoms with Gasteiger partial charge in [0.1, 0.15) is 0 Å². The maximum absolute atomic E-state index is 10.3. The van der Waals surface area contributed by atoms with Crippen molar-refractivity contribution >= 4 is 0 Å². The number of hydrogen-bond acceptors (Lipinski definition) is 4. The topological polar surface area (TPSA) is 74.9 Å². The minimum absolute atomic E-state index is 0.270. The van der Waals surface area contributed by atoms with E-state index in [1.807, 2.05) is 49.4 Å². The molecular weight excluding hydrogens is 254 g/mol. The van der Waals surface area contributed by atoms with E-state index < -0.39 is 6.10 Å². The summed E-state index contributed by atoms with van der Waals surface area (Å²) in [7, 11) is 0. The predicted molar refractivity (Wildman–Crippen MR) is 73.9 cm³/mol. The summed E-state index contributed by atoms with van der Waals surface area (Å²) >= 11 is 0. The van der Waals surface area contributed by atoms with Crippen molar-refractivity contribution in [1.29, 1.82) is 0 Å². The van der Waals surface area contributed by atoms with Crippen LogP contribution in [0.15, 0.2) is 53.2 Å². The third-order valence-corrected chi connectivity index (χ3v) is 3.28. The van der Waals surface area contributed by atoms with Crippen molar-refractivity contribution in [1.82, 2.24) is 15.1 Å². The standard InChI is InChI=1S/C15H15N3O2/c1-10(13(19)11-6-3-2-4-7-11)15-17-14(18-20-15)12-8-5-9-16-12/h2-10,13,16,19H,1H3. The number of H-pyrrole nitrogens is 1. The molecule has 5 nitrogen and oxygen atoms in total. The molecule has 0 radical (unpaired) electrons. The quantitative estimate of drug-likeness (QED) is 0.763. The van der Waals surface area contributed by atoms with Crippen LogP contribution in [0, 0.1) is 0 Å². The lowest BCUT2D eigenvalue weighted by atomic mass is 9.97. The van der Waals surface area contributed by atoms with E-state index in [9.17, 15) is 5.11 Å². The van der Waals surface area contributed by atoms with E-state index in [-0.39, 0.29) is 5.92 Å². The van der Waals surface area contributed by atoms with E-state index in [0.29, 0.717) is 11.7 Å². The molecule has 2 heterocycles. The highest BCUT2D eigenvalue weighted by molar-refractivity contribution is 5.47. The van der Waals surface area contributed by atoms with Gasteiger partial charge in [0.15, 0.2) is 0 Å². The first-order valence-electron chi connectivity index (χ1n) is 6.46. The van der Waals surface area contributed by atoms with Crippen LogP contribution in [0.5, 0.6) is 0 Å². The van der Waals surface area contributed by atoms with E-state index in [1.165, 1.54) is 0 Å². The van der Waals surface area contributed by atoms with Crippen LogP contribution in [0.1, 0.15) is 30.4 Å². The Balaban J connectivity index is 1.82. The van der Waals surface area contributed by atoms with Gasteiger partial charge in [-0.1, -0.05) is 42.4 Å². The van der Waals surface area contributed by atoms with Crippen LogP contribution in [0.4, 0.5) is 0 Å². The molecule has 2 atom stereocenters. The number of aromatic amines is 1. The first-order chi connectivity index (χ1) is 9.75. The summed E-state index contributed by atoms with van der Waals surface area (Å²) in [6.07, 6.45) is 1.13. The summed E-state index contributed by atoms with van der Waals surface area (Å²) in [5.41, 5.74) is 1.63. The molecule has 0 aliphatic carbocycles. The van der Waals surface area contributed by atoms with Gasteiger partial charge in [0.05, 0.1) is 17.7 Å². The summed E-state index contributed by atoms with van der Waals surface area (Å²) in [6.45, 7) is 1.86. The number of aliphatic hydroxyl groups excluding tert-OH is 1. The average molecular weight is 269 g/mol. The number of nitrogens with zero attached hydrogens (tertiary/aromatic N) is 2. The lowest BCUT2D eigenvalue weighted by molar-refractivity contribution is 0.135. The lowest BCUT2D eigenvalue weighted by Gasteiger charge is -2.15. The largest absolute Gasteiger partial charge is 0.388 e. The van der Waals surface area contributed by atoms with E-state index >= 15 is 0 Å². The van der Waals surface area contributed by atoms with Gasteiger partial charge in [0.2, 0.25) is 11.7 Å². The van der Waals surface area contributed by atoms with Crippen LogP contribution in [0.25, 0.3) is 11.5 Å². The molecule has 0 bridgehead atoms. The first-order valence-corrected chi connectivity index (χ1v) is 6.46. The second-order valence-corrected chi connectivity index (χ2v) is 4.68. The molecule has 0 fully saturated rings. The molecule has 102 valence electrons. The van der Waals surface area contributed by atoms with E-state index in [2.05, 4.69) is 15.1 Å². The fraction of sp³-hybridized carbons (Fsp3) is 0.200. The molecule has 5 heteroatoms. The maximum Gasteiger partial charge on any atom is 0.232 e. The van der Waals surface area contributed by atoms with Crippen LogP contribution >= 0.6 is 0 Å². The summed E-state index contributed by atoms with van der Waals surface area (Å²) in [6, 6.07) is 13.2. The summed E-state index contributed by atoms with van der Waals surface area (Å²) in [4.78, 5) is 7.35. The smallest absolute Gasteiger partial charge is 0.232 e. The van der Waals surface area contributed by atoms with Crippen molar-refractivity contribution in [3.63, 3.8) is 0 Å². The Kier molecular flexibility index (Phi) is 3.35. The van der Waals surface area contributed by atoms with Crippen molar-refractivity contribution in [2.45, 2.75) is 18.9 Å². The number of nitrogens with one attached hydrogen (secondary N) is 1. The third kappa shape index (κ3) is 2.35. The SMILES string of the molecule is CC(c1nc(-c2ccc[nH]2)no1)C(O)c1ccccc1. The zero-order valence-electron chi connectivity index (χ0n) is 11.0. The summed E-state index contributed by atoms with van der Waals surface area (Å²) < 4.78 is 5.25. The molecule has 20 heavy (non-hydrogen) atoms. The zero-order valence-corrected chi connectivity index (χ0v) is 11.0. The fourth-order valence-corrected chi connectivity index (χ4v) is 2.07. The third-order valence-electron chi connectivity index (χ3n) is 3.28. The zero-order chi connectivity index (χ0) is 13.9. The molecule has 0 saturated carbocycles. The Morgan fingerprint density at radius 2 is 1.95 bits per heavy atom. The van der Waals surface area contributed by atoms with Gasteiger partial charge in [-0.15, -0.1) is 0 Å². The summed E-state index contributed by atoms with van der Waals surface area (Å²) in [5, 5.41) is 14.3. The lowest BCUT2D eigenvalue weighted by Crippen LogP contribution is -2.07.